The van der Waals surface area contributed by atoms with Crippen LogP contribution in [-0.4, -0.2) is 24.7 Å². The van der Waals surface area contributed by atoms with Crippen LogP contribution in [0.1, 0.15) is 49.1 Å². The van der Waals surface area contributed by atoms with Crippen LogP contribution in [0.5, 0.6) is 11.5 Å². The van der Waals surface area contributed by atoms with E-state index >= 15 is 0 Å². The van der Waals surface area contributed by atoms with E-state index in [2.05, 4.69) is 0 Å². The van der Waals surface area contributed by atoms with Gasteiger partial charge in [0, 0.05) is 7.11 Å². The predicted molar refractivity (Wildman–Crippen MR) is 151 cm³/mol. The van der Waals surface area contributed by atoms with E-state index in [-0.39, 0.29) is 12.2 Å². The van der Waals surface area contributed by atoms with Crippen LogP contribution >= 0.6 is 0 Å². The fourth-order valence-electron chi connectivity index (χ4n) is 3.57. The summed E-state index contributed by atoms with van der Waals surface area (Å²) in [5.41, 5.74) is 3.71. The number of carbonyl (C=O) groups excluding carboxylic acids is 1. The average Bonchev–Trinajstić information content (AvgIpc) is 2.92. The van der Waals surface area contributed by atoms with Crippen LogP contribution in [0.4, 0.5) is 4.79 Å². The molecule has 0 saturated carbocycles. The van der Waals surface area contributed by atoms with Gasteiger partial charge in [-0.1, -0.05) is 86.7 Å². The number of aliphatic hydroxyl groups is 1. The lowest BCUT2D eigenvalue weighted by atomic mass is 9.98. The van der Waals surface area contributed by atoms with Gasteiger partial charge in [0.2, 0.25) is 0 Å². The van der Waals surface area contributed by atoms with Gasteiger partial charge in [-0.15, -0.1) is 0 Å². The number of hydrogen-bond donors (Lipinski definition) is 1. The third-order valence-electron chi connectivity index (χ3n) is 5.64. The molecular formula is C32H34O6. The molecule has 3 aromatic carbocycles. The number of hydrogen-bond acceptors (Lipinski definition) is 6. The Morgan fingerprint density at radius 1 is 0.737 bits per heavy atom. The summed E-state index contributed by atoms with van der Waals surface area (Å²) < 4.78 is 21.7. The standard InChI is InChI=1S/C32H34O6/c1-23(2)31(28-15-9-27(10-16-28)21-22-33)38-32(34)37-30-19-13-26(14-20-30)8-6-5-7-25-11-17-29(18-12-25)36-24(3)35-4/h5-24,31,33H,1-4H3. The number of aliphatic hydroxyl groups excluding tert-OH is 1. The summed E-state index contributed by atoms with van der Waals surface area (Å²) in [5.74, 6) is 1.20. The largest absolute Gasteiger partial charge is 0.516 e. The lowest BCUT2D eigenvalue weighted by Crippen LogP contribution is -2.19. The van der Waals surface area contributed by atoms with E-state index in [1.807, 2.05) is 106 Å². The first-order valence-electron chi connectivity index (χ1n) is 12.4. The van der Waals surface area contributed by atoms with Gasteiger partial charge in [0.1, 0.15) is 17.6 Å². The van der Waals surface area contributed by atoms with Crippen LogP contribution < -0.4 is 9.47 Å². The normalized spacial score (nSPS) is 13.3. The van der Waals surface area contributed by atoms with Crippen molar-refractivity contribution in [2.45, 2.75) is 33.2 Å². The zero-order valence-electron chi connectivity index (χ0n) is 22.1. The lowest BCUT2D eigenvalue weighted by molar-refractivity contribution is -0.0382. The Morgan fingerprint density at radius 2 is 1.24 bits per heavy atom. The van der Waals surface area contributed by atoms with Gasteiger partial charge in [-0.05, 0) is 65.4 Å². The van der Waals surface area contributed by atoms with Gasteiger partial charge in [0.05, 0.1) is 6.26 Å². The molecule has 2 unspecified atom stereocenters. The molecule has 0 spiro atoms. The van der Waals surface area contributed by atoms with Gasteiger partial charge in [-0.2, -0.15) is 0 Å². The maximum absolute atomic E-state index is 12.5. The fraction of sp³-hybridized carbons (Fsp3) is 0.219. The van der Waals surface area contributed by atoms with Gasteiger partial charge < -0.3 is 24.1 Å². The van der Waals surface area contributed by atoms with Crippen LogP contribution in [0, 0.1) is 5.92 Å². The van der Waals surface area contributed by atoms with E-state index in [0.717, 1.165) is 34.3 Å². The zero-order chi connectivity index (χ0) is 27.3. The van der Waals surface area contributed by atoms with Gasteiger partial charge in [0.25, 0.3) is 0 Å². The summed E-state index contributed by atoms with van der Waals surface area (Å²) in [6.07, 6.45) is 8.91. The van der Waals surface area contributed by atoms with E-state index in [4.69, 9.17) is 24.1 Å². The summed E-state index contributed by atoms with van der Waals surface area (Å²) in [6, 6.07) is 22.4. The Labute approximate surface area is 224 Å². The van der Waals surface area contributed by atoms with Crippen LogP contribution in [0.3, 0.4) is 0 Å². The van der Waals surface area contributed by atoms with E-state index in [0.29, 0.717) is 5.75 Å². The van der Waals surface area contributed by atoms with Crippen molar-refractivity contribution in [2.75, 3.05) is 7.11 Å². The zero-order valence-corrected chi connectivity index (χ0v) is 22.1. The first kappa shape index (κ1) is 28.3. The summed E-state index contributed by atoms with van der Waals surface area (Å²) in [6.45, 7) is 5.79. The summed E-state index contributed by atoms with van der Waals surface area (Å²) in [5, 5.41) is 8.91. The van der Waals surface area contributed by atoms with Crippen molar-refractivity contribution in [3.05, 3.63) is 113 Å². The molecule has 0 aliphatic heterocycles. The maximum Gasteiger partial charge on any atom is 0.514 e. The molecule has 2 atom stereocenters. The summed E-state index contributed by atoms with van der Waals surface area (Å²) in [7, 11) is 1.60. The Hall–Kier alpha value is -4.29. The second-order valence-electron chi connectivity index (χ2n) is 8.89. The number of benzene rings is 3. The second kappa shape index (κ2) is 14.4. The van der Waals surface area contributed by atoms with Crippen molar-refractivity contribution in [1.29, 1.82) is 0 Å². The Kier molecular flexibility index (Phi) is 10.8. The van der Waals surface area contributed by atoms with Gasteiger partial charge in [-0.25, -0.2) is 4.79 Å². The van der Waals surface area contributed by atoms with Crippen LogP contribution in [0.25, 0.3) is 18.2 Å². The molecule has 3 rings (SSSR count). The minimum atomic E-state index is -0.762. The first-order chi connectivity index (χ1) is 18.4. The molecule has 0 aromatic heterocycles. The number of allylic oxidation sites excluding steroid dienone is 2. The predicted octanol–water partition coefficient (Wildman–Crippen LogP) is 8.23. The van der Waals surface area contributed by atoms with Crippen LogP contribution in [0.2, 0.25) is 0 Å². The number of carbonyl (C=O) groups is 1. The van der Waals surface area contributed by atoms with E-state index < -0.39 is 12.3 Å². The minimum absolute atomic E-state index is 0.0491. The van der Waals surface area contributed by atoms with Crippen molar-refractivity contribution >= 4 is 24.4 Å². The highest BCUT2D eigenvalue weighted by molar-refractivity contribution is 5.65. The molecule has 3 aromatic rings. The van der Waals surface area contributed by atoms with Crippen molar-refractivity contribution in [1.82, 2.24) is 0 Å². The highest BCUT2D eigenvalue weighted by atomic mass is 16.7. The molecule has 6 nitrogen and oxygen atoms in total. The number of methoxy groups -OCH3 is 1. The third-order valence-corrected chi connectivity index (χ3v) is 5.64. The molecule has 0 radical (unpaired) electrons. The maximum atomic E-state index is 12.5. The molecule has 198 valence electrons. The van der Waals surface area contributed by atoms with Crippen LogP contribution in [-0.2, 0) is 9.47 Å². The van der Waals surface area contributed by atoms with Gasteiger partial charge in [-0.3, -0.25) is 0 Å². The SMILES string of the molecule is COC(C)Oc1ccc(C=CC=Cc2ccc(OC(=O)OC(c3ccc(C=CO)cc3)C(C)C)cc2)cc1. The van der Waals surface area contributed by atoms with Crippen LogP contribution in [0.15, 0.2) is 91.2 Å². The highest BCUT2D eigenvalue weighted by Crippen LogP contribution is 2.27. The minimum Gasteiger partial charge on any atom is -0.516 e. The fourth-order valence-corrected chi connectivity index (χ4v) is 3.57. The molecule has 0 aliphatic rings. The monoisotopic (exact) mass is 514 g/mol. The molecule has 6 heteroatoms. The molecular weight excluding hydrogens is 480 g/mol. The van der Waals surface area contributed by atoms with E-state index in [1.165, 1.54) is 0 Å². The highest BCUT2D eigenvalue weighted by Gasteiger charge is 2.22. The average molecular weight is 515 g/mol. The summed E-state index contributed by atoms with van der Waals surface area (Å²) >= 11 is 0. The van der Waals surface area contributed by atoms with Gasteiger partial charge >= 0.3 is 6.16 Å². The Morgan fingerprint density at radius 3 is 1.74 bits per heavy atom. The summed E-state index contributed by atoms with van der Waals surface area (Å²) in [4.78, 5) is 12.5. The molecule has 0 heterocycles. The van der Waals surface area contributed by atoms with Gasteiger partial charge in [0.15, 0.2) is 6.29 Å². The second-order valence-corrected chi connectivity index (χ2v) is 8.89. The lowest BCUT2D eigenvalue weighted by Gasteiger charge is -2.21. The van der Waals surface area contributed by atoms with Crippen molar-refractivity contribution < 1.29 is 28.8 Å². The molecule has 0 bridgehead atoms. The molecule has 0 aliphatic carbocycles. The smallest absolute Gasteiger partial charge is 0.514 e. The van der Waals surface area contributed by atoms with Crippen molar-refractivity contribution in [2.24, 2.45) is 5.92 Å². The van der Waals surface area contributed by atoms with E-state index in [1.54, 1.807) is 25.3 Å². The quantitative estimate of drug-likeness (QED) is 0.0913. The first-order valence-corrected chi connectivity index (χ1v) is 12.4. The number of ether oxygens (including phenoxy) is 4. The van der Waals surface area contributed by atoms with Crippen molar-refractivity contribution in [3.63, 3.8) is 0 Å². The Balaban J connectivity index is 1.52. The number of rotatable bonds is 11. The van der Waals surface area contributed by atoms with Crippen molar-refractivity contribution in [3.8, 4) is 11.5 Å². The third kappa shape index (κ3) is 8.98. The molecule has 0 fully saturated rings. The molecule has 0 saturated heterocycles. The molecule has 0 amide bonds. The Bertz CT molecular complexity index is 1220. The molecule has 38 heavy (non-hydrogen) atoms. The van der Waals surface area contributed by atoms with E-state index in [9.17, 15) is 4.79 Å². The topological polar surface area (TPSA) is 74.2 Å². The molecule has 1 N–H and O–H groups in total.